The number of methoxy groups -OCH3 is 1. The van der Waals surface area contributed by atoms with Crippen molar-refractivity contribution in [2.45, 2.75) is 12.5 Å². The van der Waals surface area contributed by atoms with Crippen LogP contribution < -0.4 is 15.0 Å². The van der Waals surface area contributed by atoms with E-state index in [0.29, 0.717) is 11.4 Å². The first kappa shape index (κ1) is 12.9. The standard InChI is InChI=1S/C12H12N2O5/c1-19-8-4-2-3-7(5-8)14-11(17)9(6-10(15)16)13-12(14)18/h2-5,9H,6H2,1H3,(H,13,18)(H,15,16)/t9-/m0/s1. The molecular weight excluding hydrogens is 252 g/mol. The maximum Gasteiger partial charge on any atom is 0.329 e. The summed E-state index contributed by atoms with van der Waals surface area (Å²) in [5.41, 5.74) is 0.342. The number of urea groups is 1. The van der Waals surface area contributed by atoms with Crippen molar-refractivity contribution in [1.82, 2.24) is 5.32 Å². The fourth-order valence-electron chi connectivity index (χ4n) is 1.84. The van der Waals surface area contributed by atoms with E-state index in [0.717, 1.165) is 4.90 Å². The molecule has 2 rings (SSSR count). The topological polar surface area (TPSA) is 95.9 Å². The number of carbonyl (C=O) groups is 3. The molecule has 7 nitrogen and oxygen atoms in total. The number of hydrogen-bond donors (Lipinski definition) is 2. The lowest BCUT2D eigenvalue weighted by Crippen LogP contribution is -2.32. The third-order valence-corrected chi connectivity index (χ3v) is 2.71. The van der Waals surface area contributed by atoms with E-state index in [4.69, 9.17) is 9.84 Å². The number of aliphatic carboxylic acids is 1. The van der Waals surface area contributed by atoms with Gasteiger partial charge in [-0.25, -0.2) is 9.69 Å². The lowest BCUT2D eigenvalue weighted by molar-refractivity contribution is -0.139. The number of benzene rings is 1. The second kappa shape index (κ2) is 4.97. The van der Waals surface area contributed by atoms with Gasteiger partial charge in [0.05, 0.1) is 19.2 Å². The van der Waals surface area contributed by atoms with Crippen LogP contribution in [0.5, 0.6) is 5.75 Å². The normalized spacial score (nSPS) is 18.4. The Kier molecular flexibility index (Phi) is 3.37. The van der Waals surface area contributed by atoms with E-state index in [9.17, 15) is 14.4 Å². The molecule has 3 amide bonds. The Hall–Kier alpha value is -2.57. The van der Waals surface area contributed by atoms with Gasteiger partial charge in [-0.1, -0.05) is 6.07 Å². The third-order valence-electron chi connectivity index (χ3n) is 2.71. The van der Waals surface area contributed by atoms with Crippen molar-refractivity contribution in [3.8, 4) is 5.75 Å². The van der Waals surface area contributed by atoms with Crippen molar-refractivity contribution in [2.75, 3.05) is 12.0 Å². The molecule has 1 saturated heterocycles. The molecule has 19 heavy (non-hydrogen) atoms. The third kappa shape index (κ3) is 2.49. The number of carbonyl (C=O) groups excluding carboxylic acids is 2. The number of nitrogens with zero attached hydrogens (tertiary/aromatic N) is 1. The minimum absolute atomic E-state index is 0.342. The summed E-state index contributed by atoms with van der Waals surface area (Å²) in [5.74, 6) is -1.23. The number of nitrogens with one attached hydrogen (secondary N) is 1. The van der Waals surface area contributed by atoms with E-state index in [-0.39, 0.29) is 0 Å². The highest BCUT2D eigenvalue weighted by atomic mass is 16.5. The van der Waals surface area contributed by atoms with E-state index >= 15 is 0 Å². The Labute approximate surface area is 108 Å². The highest BCUT2D eigenvalue weighted by Crippen LogP contribution is 2.24. The van der Waals surface area contributed by atoms with Crippen LogP contribution in [-0.2, 0) is 9.59 Å². The van der Waals surface area contributed by atoms with E-state index < -0.39 is 30.4 Å². The number of amides is 3. The van der Waals surface area contributed by atoms with Gasteiger partial charge in [0.2, 0.25) is 0 Å². The second-order valence-corrected chi connectivity index (χ2v) is 3.98. The summed E-state index contributed by atoms with van der Waals surface area (Å²) in [6.45, 7) is 0. The number of anilines is 1. The molecule has 0 spiro atoms. The van der Waals surface area contributed by atoms with Gasteiger partial charge in [0, 0.05) is 6.07 Å². The Morgan fingerprint density at radius 3 is 2.84 bits per heavy atom. The van der Waals surface area contributed by atoms with Crippen molar-refractivity contribution in [3.63, 3.8) is 0 Å². The minimum atomic E-state index is -1.15. The Balaban J connectivity index is 2.26. The second-order valence-electron chi connectivity index (χ2n) is 3.98. The summed E-state index contributed by atoms with van der Waals surface area (Å²) in [7, 11) is 1.47. The zero-order valence-corrected chi connectivity index (χ0v) is 10.1. The largest absolute Gasteiger partial charge is 0.497 e. The highest BCUT2D eigenvalue weighted by molar-refractivity contribution is 6.22. The number of ether oxygens (including phenoxy) is 1. The van der Waals surface area contributed by atoms with Crippen LogP contribution >= 0.6 is 0 Å². The van der Waals surface area contributed by atoms with Crippen LogP contribution in [0.2, 0.25) is 0 Å². The van der Waals surface area contributed by atoms with Crippen LogP contribution in [0.1, 0.15) is 6.42 Å². The molecular formula is C12H12N2O5. The van der Waals surface area contributed by atoms with Gasteiger partial charge in [0.25, 0.3) is 5.91 Å². The molecule has 0 radical (unpaired) electrons. The summed E-state index contributed by atoms with van der Waals surface area (Å²) < 4.78 is 5.01. The van der Waals surface area contributed by atoms with Gasteiger partial charge in [0.1, 0.15) is 11.8 Å². The highest BCUT2D eigenvalue weighted by Gasteiger charge is 2.40. The van der Waals surface area contributed by atoms with Crippen molar-refractivity contribution in [2.24, 2.45) is 0 Å². The van der Waals surface area contributed by atoms with Crippen LogP contribution in [0.4, 0.5) is 10.5 Å². The molecule has 100 valence electrons. The molecule has 0 bridgehead atoms. The number of hydrogen-bond acceptors (Lipinski definition) is 4. The van der Waals surface area contributed by atoms with Gasteiger partial charge in [-0.2, -0.15) is 0 Å². The molecule has 0 aromatic heterocycles. The average Bonchev–Trinajstić information content (AvgIpc) is 2.64. The molecule has 1 fully saturated rings. The van der Waals surface area contributed by atoms with Crippen molar-refractivity contribution in [1.29, 1.82) is 0 Å². The van der Waals surface area contributed by atoms with Crippen LogP contribution in [0.15, 0.2) is 24.3 Å². The van der Waals surface area contributed by atoms with Gasteiger partial charge >= 0.3 is 12.0 Å². The summed E-state index contributed by atoms with van der Waals surface area (Å²) in [6.07, 6.45) is -0.439. The van der Waals surface area contributed by atoms with Gasteiger partial charge in [-0.15, -0.1) is 0 Å². The van der Waals surface area contributed by atoms with E-state index in [1.165, 1.54) is 13.2 Å². The predicted molar refractivity (Wildman–Crippen MR) is 65.1 cm³/mol. The molecule has 1 atom stereocenters. The SMILES string of the molecule is COc1cccc(N2C(=O)N[C@@H](CC(=O)O)C2=O)c1. The van der Waals surface area contributed by atoms with E-state index in [1.54, 1.807) is 18.2 Å². The molecule has 1 aromatic carbocycles. The fourth-order valence-corrected chi connectivity index (χ4v) is 1.84. The maximum atomic E-state index is 12.0. The van der Waals surface area contributed by atoms with Crippen LogP contribution in [-0.4, -0.2) is 36.2 Å². The number of carboxylic acid groups (broad SMARTS) is 1. The zero-order valence-electron chi connectivity index (χ0n) is 10.1. The first-order chi connectivity index (χ1) is 9.02. The average molecular weight is 264 g/mol. The predicted octanol–water partition coefficient (Wildman–Crippen LogP) is 0.595. The van der Waals surface area contributed by atoms with Crippen LogP contribution in [0.25, 0.3) is 0 Å². The molecule has 0 unspecified atom stereocenters. The summed E-state index contributed by atoms with van der Waals surface area (Å²) in [5, 5.41) is 11.0. The van der Waals surface area contributed by atoms with E-state index in [1.807, 2.05) is 0 Å². The first-order valence-electron chi connectivity index (χ1n) is 5.53. The quantitative estimate of drug-likeness (QED) is 0.776. The molecule has 1 aliphatic heterocycles. The monoisotopic (exact) mass is 264 g/mol. The summed E-state index contributed by atoms with van der Waals surface area (Å²) in [4.78, 5) is 35.2. The zero-order chi connectivity index (χ0) is 14.0. The maximum absolute atomic E-state index is 12.0. The lowest BCUT2D eigenvalue weighted by Gasteiger charge is -2.13. The Bertz CT molecular complexity index is 543. The van der Waals surface area contributed by atoms with Crippen LogP contribution in [0, 0.1) is 0 Å². The van der Waals surface area contributed by atoms with Gasteiger partial charge in [0.15, 0.2) is 0 Å². The molecule has 0 saturated carbocycles. The van der Waals surface area contributed by atoms with Crippen molar-refractivity contribution < 1.29 is 24.2 Å². The molecule has 2 N–H and O–H groups in total. The Morgan fingerprint density at radius 2 is 2.21 bits per heavy atom. The van der Waals surface area contributed by atoms with Crippen molar-refractivity contribution >= 4 is 23.6 Å². The molecule has 7 heteroatoms. The summed E-state index contributed by atoms with van der Waals surface area (Å²) >= 11 is 0. The number of carboxylic acids is 1. The number of rotatable bonds is 4. The summed E-state index contributed by atoms with van der Waals surface area (Å²) in [6, 6.07) is 4.75. The molecule has 1 aliphatic rings. The Morgan fingerprint density at radius 1 is 1.47 bits per heavy atom. The lowest BCUT2D eigenvalue weighted by atomic mass is 10.2. The number of imide groups is 1. The molecule has 1 aromatic rings. The van der Waals surface area contributed by atoms with Gasteiger partial charge < -0.3 is 15.2 Å². The van der Waals surface area contributed by atoms with Crippen LogP contribution in [0.3, 0.4) is 0 Å². The minimum Gasteiger partial charge on any atom is -0.497 e. The first-order valence-corrected chi connectivity index (χ1v) is 5.53. The van der Waals surface area contributed by atoms with Crippen molar-refractivity contribution in [3.05, 3.63) is 24.3 Å². The van der Waals surface area contributed by atoms with Gasteiger partial charge in [-0.3, -0.25) is 9.59 Å². The van der Waals surface area contributed by atoms with E-state index in [2.05, 4.69) is 5.32 Å². The fraction of sp³-hybridized carbons (Fsp3) is 0.250. The smallest absolute Gasteiger partial charge is 0.329 e. The molecule has 0 aliphatic carbocycles. The van der Waals surface area contributed by atoms with Gasteiger partial charge in [-0.05, 0) is 12.1 Å². The molecule has 1 heterocycles.